The molecule has 244 valence electrons. The lowest BCUT2D eigenvalue weighted by atomic mass is 9.98. The number of hydrogen-bond acceptors (Lipinski definition) is 6. The summed E-state index contributed by atoms with van der Waals surface area (Å²) in [7, 11) is -4.35. The summed E-state index contributed by atoms with van der Waals surface area (Å²) in [6.45, 7) is -0.105. The van der Waals surface area contributed by atoms with Gasteiger partial charge >= 0.3 is 18.2 Å². The van der Waals surface area contributed by atoms with Crippen molar-refractivity contribution in [1.29, 1.82) is 0 Å². The van der Waals surface area contributed by atoms with Crippen molar-refractivity contribution < 1.29 is 38.4 Å². The van der Waals surface area contributed by atoms with Gasteiger partial charge in [0.1, 0.15) is 19.0 Å². The van der Waals surface area contributed by atoms with Crippen LogP contribution in [0.3, 0.4) is 0 Å². The number of amides is 2. The van der Waals surface area contributed by atoms with Crippen molar-refractivity contribution in [2.45, 2.75) is 31.1 Å². The largest absolute Gasteiger partial charge is 0.481 e. The van der Waals surface area contributed by atoms with Gasteiger partial charge in [0, 0.05) is 18.6 Å². The minimum Gasteiger partial charge on any atom is -0.481 e. The third-order valence-electron chi connectivity index (χ3n) is 8.17. The van der Waals surface area contributed by atoms with Gasteiger partial charge in [-0.1, -0.05) is 109 Å². The minimum absolute atomic E-state index is 0.0316. The van der Waals surface area contributed by atoms with Crippen LogP contribution in [0, 0.1) is 5.92 Å². The monoisotopic (exact) mass is 656 g/mol. The second-order valence-electron chi connectivity index (χ2n) is 11.4. The first kappa shape index (κ1) is 33.4. The molecule has 3 atom stereocenters. The van der Waals surface area contributed by atoms with Crippen LogP contribution in [0.1, 0.15) is 34.6 Å². The van der Waals surface area contributed by atoms with Crippen molar-refractivity contribution in [1.82, 2.24) is 10.6 Å². The maximum absolute atomic E-state index is 13.7. The van der Waals surface area contributed by atoms with Crippen LogP contribution in [0.4, 0.5) is 9.59 Å². The van der Waals surface area contributed by atoms with Gasteiger partial charge in [-0.05, 0) is 46.2 Å². The van der Waals surface area contributed by atoms with Crippen LogP contribution >= 0.6 is 7.37 Å². The number of benzene rings is 4. The first-order valence-electron chi connectivity index (χ1n) is 15.4. The van der Waals surface area contributed by atoms with E-state index < -0.39 is 43.4 Å². The van der Waals surface area contributed by atoms with E-state index in [-0.39, 0.29) is 38.5 Å². The van der Waals surface area contributed by atoms with Gasteiger partial charge in [-0.3, -0.25) is 9.36 Å². The fourth-order valence-corrected chi connectivity index (χ4v) is 7.82. The second-order valence-corrected chi connectivity index (χ2v) is 13.9. The molecule has 0 heterocycles. The third-order valence-corrected chi connectivity index (χ3v) is 10.5. The Morgan fingerprint density at radius 3 is 1.89 bits per heavy atom. The predicted octanol–water partition coefficient (Wildman–Crippen LogP) is 6.38. The molecule has 0 fully saturated rings. The van der Waals surface area contributed by atoms with E-state index in [2.05, 4.69) is 10.6 Å². The zero-order valence-electron chi connectivity index (χ0n) is 25.7. The van der Waals surface area contributed by atoms with E-state index in [9.17, 15) is 28.9 Å². The number of hydrogen-bond donors (Lipinski definition) is 4. The number of carboxylic acids is 1. The first-order valence-corrected chi connectivity index (χ1v) is 17.3. The van der Waals surface area contributed by atoms with Gasteiger partial charge in [0.2, 0.25) is 7.37 Å². The Kier molecular flexibility index (Phi) is 11.1. The molecule has 0 bridgehead atoms. The van der Waals surface area contributed by atoms with Crippen LogP contribution in [0.15, 0.2) is 109 Å². The summed E-state index contributed by atoms with van der Waals surface area (Å²) < 4.78 is 24.6. The molecule has 10 nitrogen and oxygen atoms in total. The Morgan fingerprint density at radius 1 is 0.745 bits per heavy atom. The van der Waals surface area contributed by atoms with E-state index >= 15 is 0 Å². The Morgan fingerprint density at radius 2 is 1.30 bits per heavy atom. The van der Waals surface area contributed by atoms with Gasteiger partial charge in [-0.2, -0.15) is 0 Å². The highest BCUT2D eigenvalue weighted by atomic mass is 31.2. The van der Waals surface area contributed by atoms with Crippen molar-refractivity contribution >= 4 is 25.5 Å². The Labute approximate surface area is 273 Å². The highest BCUT2D eigenvalue weighted by Crippen LogP contribution is 2.49. The molecule has 0 saturated carbocycles. The molecule has 0 saturated heterocycles. The lowest BCUT2D eigenvalue weighted by Gasteiger charge is -2.26. The van der Waals surface area contributed by atoms with Crippen LogP contribution in [0.5, 0.6) is 0 Å². The van der Waals surface area contributed by atoms with Crippen LogP contribution in [-0.4, -0.2) is 53.3 Å². The molecule has 2 amide bonds. The van der Waals surface area contributed by atoms with Crippen LogP contribution < -0.4 is 10.6 Å². The number of rotatable bonds is 14. The summed E-state index contributed by atoms with van der Waals surface area (Å²) in [4.78, 5) is 48.8. The van der Waals surface area contributed by atoms with Gasteiger partial charge in [0.15, 0.2) is 0 Å². The fraction of sp³-hybridized carbons (Fsp3) is 0.250. The number of carbonyl (C=O) groups is 3. The van der Waals surface area contributed by atoms with Crippen LogP contribution in [0.2, 0.25) is 0 Å². The number of ether oxygens (including phenoxy) is 2. The van der Waals surface area contributed by atoms with E-state index in [0.29, 0.717) is 5.56 Å². The second kappa shape index (κ2) is 15.6. The Hall–Kier alpha value is -4.92. The molecule has 1 aliphatic carbocycles. The summed E-state index contributed by atoms with van der Waals surface area (Å²) in [5.41, 5.74) is 5.72. The van der Waals surface area contributed by atoms with Crippen LogP contribution in [0.25, 0.3) is 11.1 Å². The van der Waals surface area contributed by atoms with E-state index in [4.69, 9.17) is 9.47 Å². The molecule has 0 radical (unpaired) electrons. The molecular formula is C36H37N2O8P. The van der Waals surface area contributed by atoms with Crippen molar-refractivity contribution in [2.24, 2.45) is 5.92 Å². The molecule has 5 rings (SSSR count). The average Bonchev–Trinajstić information content (AvgIpc) is 3.40. The minimum atomic E-state index is -4.35. The summed E-state index contributed by atoms with van der Waals surface area (Å²) in [6, 6.07) is 33.6. The molecule has 3 unspecified atom stereocenters. The zero-order valence-corrected chi connectivity index (χ0v) is 26.6. The predicted molar refractivity (Wildman–Crippen MR) is 177 cm³/mol. The number of alkyl carbamates (subject to hydrolysis) is 2. The lowest BCUT2D eigenvalue weighted by Crippen LogP contribution is -2.40. The molecule has 4 N–H and O–H groups in total. The first-order chi connectivity index (χ1) is 22.7. The number of fused-ring (bicyclic) bond motifs is 3. The number of carboxylic acid groups (broad SMARTS) is 1. The van der Waals surface area contributed by atoms with Gasteiger partial charge in [0.25, 0.3) is 0 Å². The zero-order chi connectivity index (χ0) is 33.2. The standard InChI is InChI=1S/C36H37N2O8P/c39-34(40)27(21-25-11-3-1-4-12-25)24-47(43,44)33(38-36(42)45-22-26-13-5-2-6-14-26)19-20-37-35(41)46-23-32-30-17-9-7-15-28(30)29-16-8-10-18-31(29)32/h1-18,27,32-33H,19-24H2,(H,37,41)(H,38,42)(H,39,40)(H,43,44). The van der Waals surface area contributed by atoms with Crippen molar-refractivity contribution in [2.75, 3.05) is 19.3 Å². The molecule has 11 heteroatoms. The number of nitrogens with one attached hydrogen (secondary N) is 2. The molecule has 0 aromatic heterocycles. The summed E-state index contributed by atoms with van der Waals surface area (Å²) in [5, 5.41) is 14.9. The van der Waals surface area contributed by atoms with E-state index in [0.717, 1.165) is 27.8 Å². The molecular weight excluding hydrogens is 619 g/mol. The normalized spacial score (nSPS) is 14.5. The molecule has 4 aromatic rings. The SMILES string of the molecule is O=C(NCCC(NC(=O)OCc1ccccc1)P(=O)(O)CC(Cc1ccccc1)C(=O)O)OCC1c2ccccc2-c2ccccc21. The number of carbonyl (C=O) groups excluding carboxylic acids is 2. The van der Waals surface area contributed by atoms with E-state index in [1.165, 1.54) is 0 Å². The third kappa shape index (κ3) is 8.87. The van der Waals surface area contributed by atoms with Gasteiger partial charge in [-0.25, -0.2) is 9.59 Å². The molecule has 0 spiro atoms. The topological polar surface area (TPSA) is 151 Å². The Balaban J connectivity index is 1.21. The molecule has 1 aliphatic rings. The summed E-state index contributed by atoms with van der Waals surface area (Å²) >= 11 is 0. The average molecular weight is 657 g/mol. The van der Waals surface area contributed by atoms with Crippen molar-refractivity contribution in [3.05, 3.63) is 131 Å². The highest BCUT2D eigenvalue weighted by Gasteiger charge is 2.37. The van der Waals surface area contributed by atoms with Crippen LogP contribution in [-0.2, 0) is 31.9 Å². The summed E-state index contributed by atoms with van der Waals surface area (Å²) in [6.07, 6.45) is -2.40. The number of aliphatic carboxylic acids is 1. The van der Waals surface area contributed by atoms with Gasteiger partial charge in [0.05, 0.1) is 5.92 Å². The van der Waals surface area contributed by atoms with Gasteiger partial charge < -0.3 is 30.1 Å². The maximum Gasteiger partial charge on any atom is 0.408 e. The molecule has 47 heavy (non-hydrogen) atoms. The van der Waals surface area contributed by atoms with Crippen molar-refractivity contribution in [3.8, 4) is 11.1 Å². The Bertz CT molecular complexity index is 1690. The van der Waals surface area contributed by atoms with E-state index in [1.54, 1.807) is 54.6 Å². The highest BCUT2D eigenvalue weighted by molar-refractivity contribution is 7.58. The molecule has 4 aromatic carbocycles. The van der Waals surface area contributed by atoms with Gasteiger partial charge in [-0.15, -0.1) is 0 Å². The smallest absolute Gasteiger partial charge is 0.408 e. The molecule has 0 aliphatic heterocycles. The lowest BCUT2D eigenvalue weighted by molar-refractivity contribution is -0.141. The summed E-state index contributed by atoms with van der Waals surface area (Å²) in [5.74, 6) is -3.95. The maximum atomic E-state index is 13.7. The van der Waals surface area contributed by atoms with E-state index in [1.807, 2.05) is 54.6 Å². The van der Waals surface area contributed by atoms with Crippen molar-refractivity contribution in [3.63, 3.8) is 0 Å². The quantitative estimate of drug-likeness (QED) is 0.114. The fourth-order valence-electron chi connectivity index (χ4n) is 5.81.